The second-order valence-electron chi connectivity index (χ2n) is 9.62. The maximum absolute atomic E-state index is 15.2. The average Bonchev–Trinajstić information content (AvgIpc) is 2.98. The van der Waals surface area contributed by atoms with Gasteiger partial charge in [-0.2, -0.15) is 4.98 Å². The molecule has 5 rings (SSSR count). The standard InChI is InChI=1S/C29H29F2N7O3/c1-3-24(40)33-19-5-4-6-20(15-19)38-17-18(2)27(41)21-16-32-29(35-28(21)38)34-22-7-8-23(26(31)25(22)30)37-11-9-36(10-12-37)13-14-39/h3-8,15-17,39H,1,9-14H2,2H3,(H,33,40)(H,32,34,35). The molecule has 10 nitrogen and oxygen atoms in total. The van der Waals surface area contributed by atoms with Crippen molar-refractivity contribution in [2.75, 3.05) is 54.9 Å². The molecule has 12 heteroatoms. The first kappa shape index (κ1) is 27.9. The molecule has 3 N–H and O–H groups in total. The summed E-state index contributed by atoms with van der Waals surface area (Å²) in [6.45, 7) is 8.00. The third kappa shape index (κ3) is 5.79. The van der Waals surface area contributed by atoms with Crippen molar-refractivity contribution in [2.45, 2.75) is 6.92 Å². The second kappa shape index (κ2) is 11.8. The first-order valence-electron chi connectivity index (χ1n) is 13.0. The van der Waals surface area contributed by atoms with Crippen molar-refractivity contribution in [3.8, 4) is 5.69 Å². The number of aryl methyl sites for hydroxylation is 1. The summed E-state index contributed by atoms with van der Waals surface area (Å²) in [7, 11) is 0. The number of amides is 1. The molecule has 0 spiro atoms. The summed E-state index contributed by atoms with van der Waals surface area (Å²) >= 11 is 0. The zero-order valence-corrected chi connectivity index (χ0v) is 22.4. The maximum atomic E-state index is 15.2. The Kier molecular flexibility index (Phi) is 8.04. The van der Waals surface area contributed by atoms with Crippen molar-refractivity contribution in [3.63, 3.8) is 0 Å². The number of pyridine rings is 1. The number of nitrogens with zero attached hydrogens (tertiary/aromatic N) is 5. The summed E-state index contributed by atoms with van der Waals surface area (Å²) in [5.74, 6) is -2.47. The molecule has 2 aromatic carbocycles. The molecule has 41 heavy (non-hydrogen) atoms. The number of carbonyl (C=O) groups excluding carboxylic acids is 1. The summed E-state index contributed by atoms with van der Waals surface area (Å²) in [4.78, 5) is 37.1. The van der Waals surface area contributed by atoms with Crippen LogP contribution in [-0.4, -0.2) is 69.8 Å². The number of aliphatic hydroxyl groups is 1. The van der Waals surface area contributed by atoms with Crippen molar-refractivity contribution in [1.82, 2.24) is 19.4 Å². The van der Waals surface area contributed by atoms with Gasteiger partial charge in [0.1, 0.15) is 0 Å². The Hall–Kier alpha value is -4.68. The van der Waals surface area contributed by atoms with Gasteiger partial charge >= 0.3 is 0 Å². The van der Waals surface area contributed by atoms with Crippen LogP contribution < -0.4 is 21.0 Å². The number of rotatable bonds is 8. The predicted molar refractivity (Wildman–Crippen MR) is 154 cm³/mol. The predicted octanol–water partition coefficient (Wildman–Crippen LogP) is 3.35. The third-order valence-corrected chi connectivity index (χ3v) is 6.94. The van der Waals surface area contributed by atoms with E-state index in [1.165, 1.54) is 18.3 Å². The van der Waals surface area contributed by atoms with E-state index in [-0.39, 0.29) is 46.3 Å². The number of hydrogen-bond donors (Lipinski definition) is 3. The van der Waals surface area contributed by atoms with Gasteiger partial charge in [-0.3, -0.25) is 14.5 Å². The number of nitrogens with one attached hydrogen (secondary N) is 2. The normalized spacial score (nSPS) is 13.8. The molecule has 0 atom stereocenters. The highest BCUT2D eigenvalue weighted by Crippen LogP contribution is 2.29. The molecule has 1 aliphatic heterocycles. The van der Waals surface area contributed by atoms with Gasteiger partial charge in [-0.05, 0) is 43.3 Å². The average molecular weight is 562 g/mol. The summed E-state index contributed by atoms with van der Waals surface area (Å²) in [5, 5.41) is 14.8. The van der Waals surface area contributed by atoms with Gasteiger partial charge in [0.2, 0.25) is 11.9 Å². The highest BCUT2D eigenvalue weighted by atomic mass is 19.2. The second-order valence-corrected chi connectivity index (χ2v) is 9.62. The van der Waals surface area contributed by atoms with E-state index in [0.717, 1.165) is 6.08 Å². The van der Waals surface area contributed by atoms with E-state index >= 15 is 8.78 Å². The number of β-amino-alcohol motifs (C(OH)–C–C–N with tert-alkyl or cyclic N) is 1. The van der Waals surface area contributed by atoms with Crippen LogP contribution in [0.4, 0.5) is 31.8 Å². The van der Waals surface area contributed by atoms with Crippen LogP contribution in [0.5, 0.6) is 0 Å². The molecular formula is C29H29F2N7O3. The quantitative estimate of drug-likeness (QED) is 0.281. The zero-order chi connectivity index (χ0) is 29.1. The van der Waals surface area contributed by atoms with Crippen LogP contribution in [0.2, 0.25) is 0 Å². The fourth-order valence-electron chi connectivity index (χ4n) is 4.78. The van der Waals surface area contributed by atoms with Crippen LogP contribution >= 0.6 is 0 Å². The Morgan fingerprint density at radius 2 is 1.93 bits per heavy atom. The molecule has 0 aliphatic carbocycles. The zero-order valence-electron chi connectivity index (χ0n) is 22.4. The van der Waals surface area contributed by atoms with Gasteiger partial charge in [-0.15, -0.1) is 0 Å². The Bertz CT molecular complexity index is 1680. The van der Waals surface area contributed by atoms with Crippen LogP contribution in [0, 0.1) is 18.6 Å². The highest BCUT2D eigenvalue weighted by Gasteiger charge is 2.23. The fraction of sp³-hybridized carbons (Fsp3) is 0.241. The minimum atomic E-state index is -1.07. The van der Waals surface area contributed by atoms with E-state index in [1.54, 1.807) is 46.9 Å². The molecule has 0 saturated carbocycles. The minimum Gasteiger partial charge on any atom is -0.395 e. The topological polar surface area (TPSA) is 116 Å². The molecule has 1 aliphatic rings. The molecule has 3 heterocycles. The molecule has 212 valence electrons. The lowest BCUT2D eigenvalue weighted by Crippen LogP contribution is -2.47. The number of aliphatic hydroxyl groups excluding tert-OH is 1. The maximum Gasteiger partial charge on any atom is 0.247 e. The van der Waals surface area contributed by atoms with Crippen molar-refractivity contribution in [1.29, 1.82) is 0 Å². The number of carbonyl (C=O) groups is 1. The molecule has 0 bridgehead atoms. The molecule has 4 aromatic rings. The van der Waals surface area contributed by atoms with Gasteiger partial charge in [-0.1, -0.05) is 12.6 Å². The van der Waals surface area contributed by atoms with E-state index in [9.17, 15) is 9.59 Å². The number of halogens is 2. The van der Waals surface area contributed by atoms with Crippen LogP contribution in [0.3, 0.4) is 0 Å². The summed E-state index contributed by atoms with van der Waals surface area (Å²) in [6, 6.07) is 9.86. The molecule has 0 radical (unpaired) electrons. The van der Waals surface area contributed by atoms with E-state index < -0.39 is 11.6 Å². The highest BCUT2D eigenvalue weighted by molar-refractivity contribution is 5.99. The number of anilines is 4. The van der Waals surface area contributed by atoms with Gasteiger partial charge < -0.3 is 25.2 Å². The van der Waals surface area contributed by atoms with Crippen LogP contribution in [-0.2, 0) is 4.79 Å². The Labute approximate surface area is 234 Å². The van der Waals surface area contributed by atoms with Crippen LogP contribution in [0.1, 0.15) is 5.56 Å². The molecule has 1 fully saturated rings. The van der Waals surface area contributed by atoms with Crippen molar-refractivity contribution < 1.29 is 18.7 Å². The number of hydrogen-bond acceptors (Lipinski definition) is 8. The lowest BCUT2D eigenvalue weighted by atomic mass is 10.2. The monoisotopic (exact) mass is 561 g/mol. The van der Waals surface area contributed by atoms with Gasteiger partial charge in [0.15, 0.2) is 22.7 Å². The summed E-state index contributed by atoms with van der Waals surface area (Å²) in [6.07, 6.45) is 4.12. The summed E-state index contributed by atoms with van der Waals surface area (Å²) in [5.41, 5.74) is 1.54. The Balaban J connectivity index is 1.46. The number of fused-ring (bicyclic) bond motifs is 1. The molecule has 0 unspecified atom stereocenters. The lowest BCUT2D eigenvalue weighted by Gasteiger charge is -2.36. The third-order valence-electron chi connectivity index (χ3n) is 6.94. The van der Waals surface area contributed by atoms with E-state index in [1.807, 2.05) is 0 Å². The Morgan fingerprint density at radius 3 is 2.66 bits per heavy atom. The smallest absolute Gasteiger partial charge is 0.247 e. The van der Waals surface area contributed by atoms with Gasteiger partial charge in [-0.25, -0.2) is 13.8 Å². The van der Waals surface area contributed by atoms with Crippen molar-refractivity contribution in [2.24, 2.45) is 0 Å². The molecule has 2 aromatic heterocycles. The Morgan fingerprint density at radius 1 is 1.15 bits per heavy atom. The minimum absolute atomic E-state index is 0.0331. The van der Waals surface area contributed by atoms with E-state index in [2.05, 4.69) is 32.1 Å². The SMILES string of the molecule is C=CC(=O)Nc1cccc(-n2cc(C)c(=O)c3cnc(Nc4ccc(N5CCN(CCO)CC5)c(F)c4F)nc32)c1. The molecule has 1 saturated heterocycles. The van der Waals surface area contributed by atoms with Gasteiger partial charge in [0.25, 0.3) is 0 Å². The number of piperazine rings is 1. The van der Waals surface area contributed by atoms with Crippen molar-refractivity contribution >= 4 is 40.0 Å². The largest absolute Gasteiger partial charge is 0.395 e. The van der Waals surface area contributed by atoms with E-state index in [4.69, 9.17) is 5.11 Å². The summed E-state index contributed by atoms with van der Waals surface area (Å²) < 4.78 is 32.0. The van der Waals surface area contributed by atoms with Gasteiger partial charge in [0, 0.05) is 62.1 Å². The lowest BCUT2D eigenvalue weighted by molar-refractivity contribution is -0.111. The number of aromatic nitrogens is 3. The van der Waals surface area contributed by atoms with Gasteiger partial charge in [0.05, 0.1) is 23.4 Å². The van der Waals surface area contributed by atoms with Crippen LogP contribution in [0.25, 0.3) is 16.7 Å². The van der Waals surface area contributed by atoms with Crippen molar-refractivity contribution in [3.05, 3.63) is 88.9 Å². The number of benzene rings is 2. The molecular weight excluding hydrogens is 532 g/mol. The first-order chi connectivity index (χ1) is 19.8. The first-order valence-corrected chi connectivity index (χ1v) is 13.0. The fourth-order valence-corrected chi connectivity index (χ4v) is 4.78. The van der Waals surface area contributed by atoms with Crippen LogP contribution in [0.15, 0.2) is 66.2 Å². The van der Waals surface area contributed by atoms with E-state index in [0.29, 0.717) is 49.7 Å². The molecule has 1 amide bonds.